The molecule has 0 aliphatic carbocycles. The zero-order valence-corrected chi connectivity index (χ0v) is 19.6. The second-order valence-electron chi connectivity index (χ2n) is 8.38. The van der Waals surface area contributed by atoms with Gasteiger partial charge in [-0.05, 0) is 46.2 Å². The summed E-state index contributed by atoms with van der Waals surface area (Å²) in [6.07, 6.45) is 0. The number of likely N-dealkylation sites (N-methyl/N-ethyl adjacent to an activating group) is 1. The van der Waals surface area contributed by atoms with Crippen LogP contribution in [0.3, 0.4) is 0 Å². The van der Waals surface area contributed by atoms with Crippen LogP contribution in [0.4, 0.5) is 0 Å². The first kappa shape index (κ1) is 23.1. The molecule has 6 nitrogen and oxygen atoms in total. The fourth-order valence-corrected chi connectivity index (χ4v) is 4.62. The number of amides is 2. The topological polar surface area (TPSA) is 48.8 Å². The fraction of sp³-hybridized carbons (Fsp3) is 0.520. The monoisotopic (exact) mass is 424 g/mol. The number of benzene rings is 1. The number of aromatic nitrogens is 1. The van der Waals surface area contributed by atoms with Crippen molar-refractivity contribution < 1.29 is 9.59 Å². The molecule has 0 saturated carbocycles. The van der Waals surface area contributed by atoms with E-state index >= 15 is 0 Å². The van der Waals surface area contributed by atoms with Gasteiger partial charge in [-0.2, -0.15) is 0 Å². The lowest BCUT2D eigenvalue weighted by molar-refractivity contribution is -0.132. The fourth-order valence-electron chi connectivity index (χ4n) is 4.62. The van der Waals surface area contributed by atoms with Gasteiger partial charge in [0.05, 0.1) is 18.2 Å². The number of carbonyl (C=O) groups is 2. The quantitative estimate of drug-likeness (QED) is 0.685. The normalized spacial score (nSPS) is 15.7. The van der Waals surface area contributed by atoms with E-state index in [2.05, 4.69) is 47.6 Å². The van der Waals surface area contributed by atoms with Gasteiger partial charge in [0, 0.05) is 50.7 Å². The van der Waals surface area contributed by atoms with Crippen molar-refractivity contribution in [3.63, 3.8) is 0 Å². The van der Waals surface area contributed by atoms with Crippen molar-refractivity contribution in [2.24, 2.45) is 0 Å². The first-order chi connectivity index (χ1) is 14.9. The molecule has 0 N–H and O–H groups in total. The summed E-state index contributed by atoms with van der Waals surface area (Å²) in [7, 11) is 0. The molecule has 1 fully saturated rings. The third kappa shape index (κ3) is 5.01. The Morgan fingerprint density at radius 3 is 2.19 bits per heavy atom. The van der Waals surface area contributed by atoms with Crippen LogP contribution < -0.4 is 0 Å². The summed E-state index contributed by atoms with van der Waals surface area (Å²) in [5.41, 5.74) is 4.13. The molecule has 6 heteroatoms. The van der Waals surface area contributed by atoms with Crippen LogP contribution in [0.1, 0.15) is 54.1 Å². The van der Waals surface area contributed by atoms with Crippen LogP contribution in [0.25, 0.3) is 0 Å². The van der Waals surface area contributed by atoms with E-state index in [1.165, 1.54) is 5.56 Å². The Hall–Kier alpha value is -2.60. The minimum Gasteiger partial charge on any atom is -0.342 e. The molecule has 0 spiro atoms. The molecule has 2 heterocycles. The van der Waals surface area contributed by atoms with Gasteiger partial charge in [-0.15, -0.1) is 0 Å². The second-order valence-corrected chi connectivity index (χ2v) is 8.38. The zero-order chi connectivity index (χ0) is 22.5. The highest BCUT2D eigenvalue weighted by Gasteiger charge is 2.27. The van der Waals surface area contributed by atoms with E-state index < -0.39 is 0 Å². The molecule has 2 amide bonds. The van der Waals surface area contributed by atoms with Crippen LogP contribution in [-0.4, -0.2) is 76.9 Å². The summed E-state index contributed by atoms with van der Waals surface area (Å²) in [6, 6.07) is 12.6. The molecule has 31 heavy (non-hydrogen) atoms. The van der Waals surface area contributed by atoms with Gasteiger partial charge in [0.15, 0.2) is 0 Å². The molecule has 0 radical (unpaired) electrons. The lowest BCUT2D eigenvalue weighted by Gasteiger charge is -2.35. The van der Waals surface area contributed by atoms with E-state index in [1.807, 2.05) is 42.7 Å². The predicted molar refractivity (Wildman–Crippen MR) is 124 cm³/mol. The van der Waals surface area contributed by atoms with Gasteiger partial charge in [0.1, 0.15) is 0 Å². The van der Waals surface area contributed by atoms with Crippen molar-refractivity contribution in [2.75, 3.05) is 45.8 Å². The van der Waals surface area contributed by atoms with E-state index in [9.17, 15) is 9.59 Å². The van der Waals surface area contributed by atoms with Gasteiger partial charge in [-0.25, -0.2) is 0 Å². The van der Waals surface area contributed by atoms with Crippen LogP contribution in [0.5, 0.6) is 0 Å². The molecule has 0 bridgehead atoms. The third-order valence-electron chi connectivity index (χ3n) is 6.52. The lowest BCUT2D eigenvalue weighted by Crippen LogP contribution is -2.51. The smallest absolute Gasteiger partial charge is 0.255 e. The van der Waals surface area contributed by atoms with Crippen LogP contribution in [0.2, 0.25) is 0 Å². The average molecular weight is 425 g/mol. The molecule has 1 aromatic heterocycles. The second kappa shape index (κ2) is 10.1. The van der Waals surface area contributed by atoms with Crippen molar-refractivity contribution in [1.82, 2.24) is 19.3 Å². The Balaban J connectivity index is 1.66. The summed E-state index contributed by atoms with van der Waals surface area (Å²) < 4.78 is 2.25. The molecule has 1 atom stereocenters. The summed E-state index contributed by atoms with van der Waals surface area (Å²) in [4.78, 5) is 31.6. The lowest BCUT2D eigenvalue weighted by atomic mass is 10.1. The maximum absolute atomic E-state index is 13.3. The van der Waals surface area contributed by atoms with Crippen molar-refractivity contribution in [3.05, 3.63) is 58.9 Å². The first-order valence-electron chi connectivity index (χ1n) is 11.4. The molecule has 1 saturated heterocycles. The van der Waals surface area contributed by atoms with Gasteiger partial charge in [-0.3, -0.25) is 14.5 Å². The van der Waals surface area contributed by atoms with E-state index in [-0.39, 0.29) is 17.9 Å². The Morgan fingerprint density at radius 1 is 1.00 bits per heavy atom. The van der Waals surface area contributed by atoms with Gasteiger partial charge in [-0.1, -0.05) is 30.3 Å². The third-order valence-corrected chi connectivity index (χ3v) is 6.52. The zero-order valence-electron chi connectivity index (χ0n) is 19.6. The number of hydrogen-bond donors (Lipinski definition) is 0. The Labute approximate surface area is 186 Å². The molecule has 2 aromatic rings. The number of aryl methyl sites for hydroxylation is 1. The van der Waals surface area contributed by atoms with E-state index in [0.29, 0.717) is 19.6 Å². The van der Waals surface area contributed by atoms with Crippen molar-refractivity contribution in [2.45, 2.75) is 40.7 Å². The van der Waals surface area contributed by atoms with Crippen LogP contribution in [-0.2, 0) is 4.79 Å². The number of hydrogen-bond acceptors (Lipinski definition) is 3. The number of piperazine rings is 1. The van der Waals surface area contributed by atoms with Crippen molar-refractivity contribution >= 4 is 11.8 Å². The average Bonchev–Trinajstić information content (AvgIpc) is 3.08. The van der Waals surface area contributed by atoms with Gasteiger partial charge >= 0.3 is 0 Å². The Morgan fingerprint density at radius 2 is 1.61 bits per heavy atom. The van der Waals surface area contributed by atoms with Crippen molar-refractivity contribution in [1.29, 1.82) is 0 Å². The highest BCUT2D eigenvalue weighted by molar-refractivity contribution is 5.96. The maximum Gasteiger partial charge on any atom is 0.255 e. The van der Waals surface area contributed by atoms with Gasteiger partial charge in [0.2, 0.25) is 5.91 Å². The molecule has 168 valence electrons. The van der Waals surface area contributed by atoms with Gasteiger partial charge < -0.3 is 14.4 Å². The Kier molecular flexibility index (Phi) is 7.55. The SMILES string of the molecule is CCN(CC)C(=O)CN1CCN(C(=O)c2cc(C)n(C(C)c3ccccc3)c2C)CC1. The molecule has 1 aromatic carbocycles. The minimum atomic E-state index is 0.0920. The molecule has 3 rings (SSSR count). The van der Waals surface area contributed by atoms with Crippen LogP contribution in [0.15, 0.2) is 36.4 Å². The standard InChI is InChI=1S/C25H36N4O2/c1-6-27(7-2)24(30)18-26-13-15-28(16-14-26)25(31)23-17-19(3)29(21(23)5)20(4)22-11-9-8-10-12-22/h8-12,17,20H,6-7,13-16,18H2,1-5H3. The number of carbonyl (C=O) groups excluding carboxylic acids is 2. The molecular weight excluding hydrogens is 388 g/mol. The van der Waals surface area contributed by atoms with E-state index in [1.54, 1.807) is 0 Å². The molecule has 1 aliphatic rings. The Bertz CT molecular complexity index is 894. The summed E-state index contributed by atoms with van der Waals surface area (Å²) in [5, 5.41) is 0. The number of nitrogens with zero attached hydrogens (tertiary/aromatic N) is 4. The summed E-state index contributed by atoms with van der Waals surface area (Å²) in [5.74, 6) is 0.262. The molecule has 1 aliphatic heterocycles. The molecular formula is C25H36N4O2. The van der Waals surface area contributed by atoms with E-state index in [0.717, 1.165) is 43.1 Å². The summed E-state index contributed by atoms with van der Waals surface area (Å²) in [6.45, 7) is 15.0. The minimum absolute atomic E-state index is 0.0920. The predicted octanol–water partition coefficient (Wildman–Crippen LogP) is 3.34. The van der Waals surface area contributed by atoms with Crippen molar-refractivity contribution in [3.8, 4) is 0 Å². The maximum atomic E-state index is 13.3. The van der Waals surface area contributed by atoms with Gasteiger partial charge in [0.25, 0.3) is 5.91 Å². The number of rotatable bonds is 7. The van der Waals surface area contributed by atoms with Crippen LogP contribution in [0, 0.1) is 13.8 Å². The highest BCUT2D eigenvalue weighted by atomic mass is 16.2. The van der Waals surface area contributed by atoms with E-state index in [4.69, 9.17) is 0 Å². The molecule has 1 unspecified atom stereocenters. The first-order valence-corrected chi connectivity index (χ1v) is 11.4. The van der Waals surface area contributed by atoms with Crippen LogP contribution >= 0.6 is 0 Å². The largest absolute Gasteiger partial charge is 0.342 e. The highest BCUT2D eigenvalue weighted by Crippen LogP contribution is 2.26. The summed E-state index contributed by atoms with van der Waals surface area (Å²) >= 11 is 0.